The Morgan fingerprint density at radius 3 is 2.77 bits per heavy atom. The summed E-state index contributed by atoms with van der Waals surface area (Å²) in [5, 5.41) is 12.1. The predicted octanol–water partition coefficient (Wildman–Crippen LogP) is 1.17. The van der Waals surface area contributed by atoms with Crippen LogP contribution in [0.15, 0.2) is 18.3 Å². The number of fused-ring (bicyclic) bond motifs is 1. The first-order valence-corrected chi connectivity index (χ1v) is 14.0. The molecule has 3 amide bonds. The highest BCUT2D eigenvalue weighted by Gasteiger charge is 2.28. The molecule has 0 saturated carbocycles. The topological polar surface area (TPSA) is 186 Å². The Morgan fingerprint density at radius 2 is 2.08 bits per heavy atom. The molecular weight excluding hydrogens is 542 g/mol. The quantitative estimate of drug-likeness (QED) is 0.250. The number of likely N-dealkylation sites (N-methyl/N-ethyl adjacent to an activating group) is 1. The number of anilines is 2. The average Bonchev–Trinajstić information content (AvgIpc) is 2.91. The highest BCUT2D eigenvalue weighted by Crippen LogP contribution is 2.29. The van der Waals surface area contributed by atoms with Crippen molar-refractivity contribution in [2.75, 3.05) is 50.1 Å². The molecule has 4 rings (SSSR count). The van der Waals surface area contributed by atoms with Crippen molar-refractivity contribution in [3.05, 3.63) is 46.3 Å². The Bertz CT molecular complexity index is 1460. The molecule has 212 valence electrons. The summed E-state index contributed by atoms with van der Waals surface area (Å²) in [6, 6.07) is 4.82. The fourth-order valence-corrected chi connectivity index (χ4v) is 4.99. The van der Waals surface area contributed by atoms with Gasteiger partial charge in [0.15, 0.2) is 6.29 Å². The summed E-state index contributed by atoms with van der Waals surface area (Å²) in [5.74, 6) is 0.503. The normalized spacial score (nSPS) is 15.9. The third-order valence-electron chi connectivity index (χ3n) is 6.67. The van der Waals surface area contributed by atoms with Crippen molar-refractivity contribution in [1.82, 2.24) is 19.8 Å². The lowest BCUT2D eigenvalue weighted by Gasteiger charge is -2.33. The van der Waals surface area contributed by atoms with Crippen LogP contribution >= 0.6 is 0 Å². The molecule has 2 aliphatic heterocycles. The molecule has 4 heterocycles. The standard InChI is InChI=1S/C25H29N7O7S/c1-30-7-8-31(23(34)15-30)14-19-10-18-4-2-6-32(24(18)28-21(19)16-33)25(35)29-22-11-17(20(12-26)13-27-22)5-3-9-39-40(36,37)38/h10-11,13,16H,2-9,14-15H2,1H3,(H,27,29,35)(H,36,37,38). The predicted molar refractivity (Wildman–Crippen MR) is 142 cm³/mol. The number of pyridine rings is 2. The summed E-state index contributed by atoms with van der Waals surface area (Å²) in [6.07, 6.45) is 3.66. The summed E-state index contributed by atoms with van der Waals surface area (Å²) in [6.45, 7) is 1.93. The fraction of sp³-hybridized carbons (Fsp3) is 0.440. The van der Waals surface area contributed by atoms with E-state index >= 15 is 0 Å². The number of aryl methyl sites for hydroxylation is 2. The van der Waals surface area contributed by atoms with Gasteiger partial charge in [0.1, 0.15) is 23.4 Å². The van der Waals surface area contributed by atoms with Crippen LogP contribution in [0, 0.1) is 11.3 Å². The summed E-state index contributed by atoms with van der Waals surface area (Å²) in [5.41, 5.74) is 2.34. The molecule has 1 fully saturated rings. The minimum absolute atomic E-state index is 0.0236. The second-order valence-electron chi connectivity index (χ2n) is 9.56. The number of hydrogen-bond acceptors (Lipinski definition) is 10. The molecule has 2 aromatic heterocycles. The van der Waals surface area contributed by atoms with Gasteiger partial charge in [-0.15, -0.1) is 0 Å². The van der Waals surface area contributed by atoms with E-state index in [2.05, 4.69) is 19.5 Å². The summed E-state index contributed by atoms with van der Waals surface area (Å²) >= 11 is 0. The Kier molecular flexibility index (Phi) is 9.05. The van der Waals surface area contributed by atoms with E-state index in [4.69, 9.17) is 4.55 Å². The minimum atomic E-state index is -4.56. The molecule has 0 aliphatic carbocycles. The van der Waals surface area contributed by atoms with Gasteiger partial charge in [-0.1, -0.05) is 0 Å². The zero-order valence-corrected chi connectivity index (χ0v) is 22.7. The largest absolute Gasteiger partial charge is 0.397 e. The van der Waals surface area contributed by atoms with Gasteiger partial charge in [0.05, 0.1) is 18.7 Å². The lowest BCUT2D eigenvalue weighted by molar-refractivity contribution is -0.136. The van der Waals surface area contributed by atoms with E-state index in [0.29, 0.717) is 55.7 Å². The third kappa shape index (κ3) is 7.16. The molecule has 1 saturated heterocycles. The van der Waals surface area contributed by atoms with Crippen LogP contribution in [-0.2, 0) is 38.8 Å². The summed E-state index contributed by atoms with van der Waals surface area (Å²) < 4.78 is 34.5. The number of piperazine rings is 1. The van der Waals surface area contributed by atoms with E-state index in [9.17, 15) is 28.1 Å². The van der Waals surface area contributed by atoms with Crippen LogP contribution in [0.4, 0.5) is 16.4 Å². The van der Waals surface area contributed by atoms with Gasteiger partial charge in [0, 0.05) is 37.9 Å². The van der Waals surface area contributed by atoms with E-state index in [1.165, 1.54) is 17.2 Å². The Labute approximate surface area is 231 Å². The van der Waals surface area contributed by atoms with Crippen LogP contribution in [0.1, 0.15) is 45.6 Å². The van der Waals surface area contributed by atoms with Crippen LogP contribution < -0.4 is 10.2 Å². The Balaban J connectivity index is 1.49. The summed E-state index contributed by atoms with van der Waals surface area (Å²) in [7, 11) is -2.68. The number of amides is 3. The van der Waals surface area contributed by atoms with Crippen LogP contribution in [0.5, 0.6) is 0 Å². The zero-order valence-electron chi connectivity index (χ0n) is 21.9. The van der Waals surface area contributed by atoms with Gasteiger partial charge in [-0.3, -0.25) is 29.3 Å². The molecule has 0 atom stereocenters. The highest BCUT2D eigenvalue weighted by atomic mass is 32.3. The van der Waals surface area contributed by atoms with Crippen LogP contribution in [-0.4, -0.2) is 90.8 Å². The molecule has 14 nitrogen and oxygen atoms in total. The average molecular weight is 572 g/mol. The van der Waals surface area contributed by atoms with Crippen molar-refractivity contribution in [2.24, 2.45) is 0 Å². The Morgan fingerprint density at radius 1 is 1.27 bits per heavy atom. The van der Waals surface area contributed by atoms with E-state index < -0.39 is 16.4 Å². The van der Waals surface area contributed by atoms with E-state index in [0.717, 1.165) is 12.1 Å². The molecule has 0 unspecified atom stereocenters. The second kappa shape index (κ2) is 12.5. The molecule has 0 spiro atoms. The first-order chi connectivity index (χ1) is 19.1. The van der Waals surface area contributed by atoms with Gasteiger partial charge >= 0.3 is 16.4 Å². The number of aldehydes is 1. The number of nitrogens with zero attached hydrogens (tertiary/aromatic N) is 6. The fourth-order valence-electron chi connectivity index (χ4n) is 4.66. The number of hydrogen-bond donors (Lipinski definition) is 2. The first-order valence-electron chi connectivity index (χ1n) is 12.6. The second-order valence-corrected chi connectivity index (χ2v) is 10.7. The third-order valence-corrected chi connectivity index (χ3v) is 7.13. The van der Waals surface area contributed by atoms with Gasteiger partial charge in [-0.05, 0) is 56.0 Å². The van der Waals surface area contributed by atoms with Crippen molar-refractivity contribution < 1.29 is 31.5 Å². The maximum absolute atomic E-state index is 13.3. The Hall–Kier alpha value is -3.97. The smallest absolute Gasteiger partial charge is 0.336 e. The molecule has 2 aromatic rings. The zero-order chi connectivity index (χ0) is 28.9. The van der Waals surface area contributed by atoms with Gasteiger partial charge in [0.2, 0.25) is 5.91 Å². The van der Waals surface area contributed by atoms with E-state index in [1.54, 1.807) is 4.90 Å². The van der Waals surface area contributed by atoms with Crippen LogP contribution in [0.2, 0.25) is 0 Å². The molecule has 2 N–H and O–H groups in total. The molecule has 0 bridgehead atoms. The van der Waals surface area contributed by atoms with Crippen molar-refractivity contribution >= 4 is 40.3 Å². The van der Waals surface area contributed by atoms with Gasteiger partial charge in [0.25, 0.3) is 0 Å². The number of urea groups is 1. The molecule has 2 aliphatic rings. The van der Waals surface area contributed by atoms with Crippen molar-refractivity contribution in [1.29, 1.82) is 5.26 Å². The first kappa shape index (κ1) is 29.0. The monoisotopic (exact) mass is 571 g/mol. The molecule has 15 heteroatoms. The highest BCUT2D eigenvalue weighted by molar-refractivity contribution is 7.80. The maximum Gasteiger partial charge on any atom is 0.397 e. The van der Waals surface area contributed by atoms with Crippen molar-refractivity contribution in [3.63, 3.8) is 0 Å². The number of aromatic nitrogens is 2. The van der Waals surface area contributed by atoms with Crippen LogP contribution in [0.25, 0.3) is 0 Å². The van der Waals surface area contributed by atoms with Crippen molar-refractivity contribution in [3.8, 4) is 6.07 Å². The minimum Gasteiger partial charge on any atom is -0.336 e. The van der Waals surface area contributed by atoms with Gasteiger partial charge in [-0.25, -0.2) is 18.9 Å². The van der Waals surface area contributed by atoms with E-state index in [-0.39, 0.29) is 49.0 Å². The van der Waals surface area contributed by atoms with Crippen LogP contribution in [0.3, 0.4) is 0 Å². The molecule has 0 aromatic carbocycles. The number of nitrogens with one attached hydrogen (secondary N) is 1. The van der Waals surface area contributed by atoms with E-state index in [1.807, 2.05) is 24.1 Å². The number of nitriles is 1. The SMILES string of the molecule is CN1CCN(Cc2cc3c(nc2C=O)N(C(=O)Nc2cc(CCCOS(=O)(=O)O)c(C#N)cn2)CCC3)C(=O)C1. The van der Waals surface area contributed by atoms with Gasteiger partial charge in [-0.2, -0.15) is 13.7 Å². The number of carbonyl (C=O) groups is 3. The lowest BCUT2D eigenvalue weighted by Crippen LogP contribution is -2.48. The number of rotatable bonds is 9. The molecule has 40 heavy (non-hydrogen) atoms. The maximum atomic E-state index is 13.3. The summed E-state index contributed by atoms with van der Waals surface area (Å²) in [4.78, 5) is 51.3. The number of carbonyl (C=O) groups excluding carboxylic acids is 3. The van der Waals surface area contributed by atoms with Gasteiger partial charge < -0.3 is 4.90 Å². The lowest BCUT2D eigenvalue weighted by atomic mass is 10.0. The molecular formula is C25H29N7O7S. The van der Waals surface area contributed by atoms with Crippen molar-refractivity contribution in [2.45, 2.75) is 32.2 Å². The molecule has 0 radical (unpaired) electrons.